The minimum Gasteiger partial charge on any atom is -0.337 e. The summed E-state index contributed by atoms with van der Waals surface area (Å²) in [5.74, 6) is -0.225. The minimum atomic E-state index is -3.63. The van der Waals surface area contributed by atoms with Gasteiger partial charge in [-0.15, -0.1) is 23.7 Å². The first-order valence-electron chi connectivity index (χ1n) is 6.18. The van der Waals surface area contributed by atoms with Crippen LogP contribution in [0.4, 0.5) is 0 Å². The third-order valence-electron chi connectivity index (χ3n) is 3.20. The number of nitrogens with one attached hydrogen (secondary N) is 1. The Morgan fingerprint density at radius 2 is 2.24 bits per heavy atom. The molecule has 6 nitrogen and oxygen atoms in total. The predicted molar refractivity (Wildman–Crippen MR) is 88.2 cm³/mol. The summed E-state index contributed by atoms with van der Waals surface area (Å²) in [6.45, 7) is 0.831. The molecule has 2 heterocycles. The van der Waals surface area contributed by atoms with E-state index in [9.17, 15) is 13.2 Å². The predicted octanol–water partition coefficient (Wildman–Crippen LogP) is 1.16. The van der Waals surface area contributed by atoms with Crippen LogP contribution in [0.25, 0.3) is 0 Å². The van der Waals surface area contributed by atoms with Crippen LogP contribution in [0.1, 0.15) is 12.8 Å². The number of hydrogen-bond acceptors (Lipinski definition) is 5. The second-order valence-corrected chi connectivity index (χ2v) is 8.96. The standard InChI is InChI=1S/C11H16BrN3O3S2.ClH/c12-9-3-4-11(19-9)20(17,18)14-7-10(16)15-5-1-2-8(15)6-13;/h3-4,8,14H,1-2,5-7,13H2;1H. The number of halogens is 2. The van der Waals surface area contributed by atoms with Crippen molar-refractivity contribution in [3.8, 4) is 0 Å². The molecule has 120 valence electrons. The van der Waals surface area contributed by atoms with Crippen LogP contribution in [0, 0.1) is 0 Å². The van der Waals surface area contributed by atoms with Crippen molar-refractivity contribution in [2.45, 2.75) is 23.1 Å². The van der Waals surface area contributed by atoms with Gasteiger partial charge in [-0.2, -0.15) is 0 Å². The second-order valence-electron chi connectivity index (χ2n) is 4.50. The average molecular weight is 419 g/mol. The molecule has 0 aliphatic carbocycles. The molecule has 1 fully saturated rings. The van der Waals surface area contributed by atoms with Crippen LogP contribution in [0.5, 0.6) is 0 Å². The highest BCUT2D eigenvalue weighted by Gasteiger charge is 2.28. The number of amides is 1. The lowest BCUT2D eigenvalue weighted by Gasteiger charge is -2.23. The van der Waals surface area contributed by atoms with E-state index in [1.165, 1.54) is 6.07 Å². The minimum absolute atomic E-state index is 0. The zero-order valence-corrected chi connectivity index (χ0v) is 15.2. The molecular formula is C11H17BrClN3O3S2. The molecule has 0 saturated carbocycles. The molecule has 1 aromatic rings. The number of sulfonamides is 1. The maximum Gasteiger partial charge on any atom is 0.250 e. The molecule has 0 bridgehead atoms. The van der Waals surface area contributed by atoms with Crippen molar-refractivity contribution in [3.63, 3.8) is 0 Å². The fourth-order valence-corrected chi connectivity index (χ4v) is 5.21. The molecule has 1 saturated heterocycles. The maximum atomic E-state index is 12.0. The molecule has 1 unspecified atom stereocenters. The third kappa shape index (κ3) is 4.64. The van der Waals surface area contributed by atoms with Crippen molar-refractivity contribution in [2.24, 2.45) is 5.73 Å². The molecular weight excluding hydrogens is 402 g/mol. The van der Waals surface area contributed by atoms with Gasteiger partial charge in [0.15, 0.2) is 0 Å². The zero-order chi connectivity index (χ0) is 14.8. The molecule has 1 aliphatic rings. The van der Waals surface area contributed by atoms with Crippen molar-refractivity contribution in [1.29, 1.82) is 0 Å². The van der Waals surface area contributed by atoms with E-state index in [0.717, 1.165) is 28.0 Å². The van der Waals surface area contributed by atoms with Gasteiger partial charge in [-0.05, 0) is 40.9 Å². The van der Waals surface area contributed by atoms with E-state index < -0.39 is 10.0 Å². The summed E-state index contributed by atoms with van der Waals surface area (Å²) in [5.41, 5.74) is 5.60. The van der Waals surface area contributed by atoms with Gasteiger partial charge in [0.2, 0.25) is 5.91 Å². The molecule has 21 heavy (non-hydrogen) atoms. The largest absolute Gasteiger partial charge is 0.337 e. The zero-order valence-electron chi connectivity index (χ0n) is 11.1. The van der Waals surface area contributed by atoms with Crippen molar-refractivity contribution >= 4 is 55.6 Å². The third-order valence-corrected chi connectivity index (χ3v) is 6.71. The summed E-state index contributed by atoms with van der Waals surface area (Å²) in [4.78, 5) is 13.7. The molecule has 1 aliphatic heterocycles. The summed E-state index contributed by atoms with van der Waals surface area (Å²) in [5, 5.41) is 0. The summed E-state index contributed by atoms with van der Waals surface area (Å²) >= 11 is 4.32. The first-order valence-corrected chi connectivity index (χ1v) is 9.28. The van der Waals surface area contributed by atoms with E-state index in [4.69, 9.17) is 5.73 Å². The highest BCUT2D eigenvalue weighted by atomic mass is 79.9. The van der Waals surface area contributed by atoms with E-state index in [0.29, 0.717) is 13.1 Å². The molecule has 0 radical (unpaired) electrons. The number of carbonyl (C=O) groups excluding carboxylic acids is 1. The highest BCUT2D eigenvalue weighted by Crippen LogP contribution is 2.25. The monoisotopic (exact) mass is 417 g/mol. The smallest absolute Gasteiger partial charge is 0.250 e. The van der Waals surface area contributed by atoms with E-state index in [-0.39, 0.29) is 35.1 Å². The van der Waals surface area contributed by atoms with Gasteiger partial charge in [-0.3, -0.25) is 4.79 Å². The lowest BCUT2D eigenvalue weighted by atomic mass is 10.2. The molecule has 0 aromatic carbocycles. The Bertz CT molecular complexity index is 593. The van der Waals surface area contributed by atoms with Crippen molar-refractivity contribution in [1.82, 2.24) is 9.62 Å². The Morgan fingerprint density at radius 3 is 2.81 bits per heavy atom. The average Bonchev–Trinajstić information content (AvgIpc) is 3.04. The van der Waals surface area contributed by atoms with Crippen LogP contribution in [0.15, 0.2) is 20.1 Å². The Balaban J connectivity index is 0.00000220. The van der Waals surface area contributed by atoms with Crippen LogP contribution in [0.3, 0.4) is 0 Å². The first-order chi connectivity index (χ1) is 9.44. The van der Waals surface area contributed by atoms with E-state index >= 15 is 0 Å². The van der Waals surface area contributed by atoms with Gasteiger partial charge in [0.05, 0.1) is 10.3 Å². The normalized spacial score (nSPS) is 18.6. The lowest BCUT2D eigenvalue weighted by Crippen LogP contribution is -2.45. The van der Waals surface area contributed by atoms with Crippen LogP contribution < -0.4 is 10.5 Å². The quantitative estimate of drug-likeness (QED) is 0.750. The molecule has 1 atom stereocenters. The molecule has 3 N–H and O–H groups in total. The van der Waals surface area contributed by atoms with Crippen LogP contribution in [-0.2, 0) is 14.8 Å². The Morgan fingerprint density at radius 1 is 1.52 bits per heavy atom. The SMILES string of the molecule is Cl.NCC1CCCN1C(=O)CNS(=O)(=O)c1ccc(Br)s1. The van der Waals surface area contributed by atoms with Gasteiger partial charge in [0.25, 0.3) is 10.0 Å². The lowest BCUT2D eigenvalue weighted by molar-refractivity contribution is -0.130. The number of rotatable bonds is 5. The summed E-state index contributed by atoms with van der Waals surface area (Å²) in [6.07, 6.45) is 1.80. The summed E-state index contributed by atoms with van der Waals surface area (Å²) in [7, 11) is -3.63. The number of thiophene rings is 1. The van der Waals surface area contributed by atoms with Crippen LogP contribution in [0.2, 0.25) is 0 Å². The number of nitrogens with two attached hydrogens (primary N) is 1. The highest BCUT2D eigenvalue weighted by molar-refractivity contribution is 9.11. The van der Waals surface area contributed by atoms with Gasteiger partial charge in [0.1, 0.15) is 4.21 Å². The first kappa shape index (κ1) is 18.9. The Labute approximate surface area is 142 Å². The van der Waals surface area contributed by atoms with Gasteiger partial charge in [-0.1, -0.05) is 0 Å². The number of likely N-dealkylation sites (tertiary alicyclic amines) is 1. The molecule has 10 heteroatoms. The van der Waals surface area contributed by atoms with Crippen molar-refractivity contribution < 1.29 is 13.2 Å². The van der Waals surface area contributed by atoms with Crippen molar-refractivity contribution in [3.05, 3.63) is 15.9 Å². The summed E-state index contributed by atoms with van der Waals surface area (Å²) < 4.78 is 27.3. The Kier molecular flexibility index (Phi) is 7.08. The van der Waals surface area contributed by atoms with E-state index in [1.807, 2.05) is 0 Å². The van der Waals surface area contributed by atoms with E-state index in [1.54, 1.807) is 11.0 Å². The van der Waals surface area contributed by atoms with Gasteiger partial charge in [-0.25, -0.2) is 13.1 Å². The Hall–Kier alpha value is -0.190. The van der Waals surface area contributed by atoms with Crippen molar-refractivity contribution in [2.75, 3.05) is 19.6 Å². The maximum absolute atomic E-state index is 12.0. The number of carbonyl (C=O) groups is 1. The summed E-state index contributed by atoms with van der Waals surface area (Å²) in [6, 6.07) is 3.19. The molecule has 1 amide bonds. The van der Waals surface area contributed by atoms with Crippen LogP contribution in [-0.4, -0.2) is 44.9 Å². The molecule has 2 rings (SSSR count). The number of hydrogen-bond donors (Lipinski definition) is 2. The fourth-order valence-electron chi connectivity index (χ4n) is 2.18. The second kappa shape index (κ2) is 7.89. The van der Waals surface area contributed by atoms with Gasteiger partial charge in [0, 0.05) is 19.1 Å². The fraction of sp³-hybridized carbons (Fsp3) is 0.545. The van der Waals surface area contributed by atoms with Gasteiger partial charge >= 0.3 is 0 Å². The van der Waals surface area contributed by atoms with E-state index in [2.05, 4.69) is 20.7 Å². The van der Waals surface area contributed by atoms with Crippen LogP contribution >= 0.6 is 39.7 Å². The topological polar surface area (TPSA) is 92.5 Å². The molecule has 0 spiro atoms. The number of nitrogens with zero attached hydrogens (tertiary/aromatic N) is 1. The molecule has 1 aromatic heterocycles. The van der Waals surface area contributed by atoms with Gasteiger partial charge < -0.3 is 10.6 Å².